The summed E-state index contributed by atoms with van der Waals surface area (Å²) < 4.78 is 5.78. The van der Waals surface area contributed by atoms with E-state index in [2.05, 4.69) is 6.92 Å². The van der Waals surface area contributed by atoms with E-state index in [4.69, 9.17) is 4.74 Å². The first-order chi connectivity index (χ1) is 9.72. The summed E-state index contributed by atoms with van der Waals surface area (Å²) >= 11 is 0. The Morgan fingerprint density at radius 1 is 1.05 bits per heavy atom. The molecular weight excluding hydrogens is 252 g/mol. The fraction of sp³-hybridized carbons (Fsp3) is 0.235. The Morgan fingerprint density at radius 3 is 2.40 bits per heavy atom. The van der Waals surface area contributed by atoms with Crippen LogP contribution in [-0.4, -0.2) is 5.97 Å². The Morgan fingerprint density at radius 2 is 1.70 bits per heavy atom. The normalized spacial score (nSPS) is 10.2. The summed E-state index contributed by atoms with van der Waals surface area (Å²) in [6.07, 6.45) is 3.09. The molecule has 0 saturated heterocycles. The van der Waals surface area contributed by atoms with E-state index in [-0.39, 0.29) is 5.56 Å². The van der Waals surface area contributed by atoms with Crippen molar-refractivity contribution >= 4 is 5.97 Å². The Bertz CT molecular complexity index is 590. The second-order valence-electron chi connectivity index (χ2n) is 4.60. The maximum absolute atomic E-state index is 11.1. The minimum absolute atomic E-state index is 0.0674. The van der Waals surface area contributed by atoms with Crippen LogP contribution in [0.1, 0.15) is 35.7 Å². The van der Waals surface area contributed by atoms with E-state index in [0.717, 1.165) is 24.8 Å². The molecule has 0 atom stereocenters. The van der Waals surface area contributed by atoms with Gasteiger partial charge in [0.15, 0.2) is 0 Å². The molecule has 104 valence electrons. The molecule has 0 aliphatic rings. The summed E-state index contributed by atoms with van der Waals surface area (Å²) in [5, 5.41) is 11.1. The number of aryl methyl sites for hydroxylation is 1. The highest BCUT2D eigenvalue weighted by molar-refractivity contribution is 5.89. The lowest BCUT2D eigenvalue weighted by Crippen LogP contribution is -2.22. The van der Waals surface area contributed by atoms with E-state index in [0.29, 0.717) is 11.5 Å². The van der Waals surface area contributed by atoms with Gasteiger partial charge in [0.2, 0.25) is 0 Å². The molecule has 0 spiro atoms. The Labute approximate surface area is 118 Å². The van der Waals surface area contributed by atoms with Gasteiger partial charge in [0.05, 0.1) is 5.97 Å². The zero-order valence-electron chi connectivity index (χ0n) is 11.5. The van der Waals surface area contributed by atoms with Crippen LogP contribution in [0.5, 0.6) is 11.5 Å². The predicted molar refractivity (Wildman–Crippen MR) is 75.9 cm³/mol. The molecule has 0 aromatic heterocycles. The highest BCUT2D eigenvalue weighted by Crippen LogP contribution is 2.28. The fourth-order valence-corrected chi connectivity index (χ4v) is 2.02. The van der Waals surface area contributed by atoms with Crippen molar-refractivity contribution in [1.29, 1.82) is 0 Å². The molecule has 0 aliphatic carbocycles. The number of unbranched alkanes of at least 4 members (excludes halogenated alkanes) is 1. The number of carboxylic acid groups (broad SMARTS) is 1. The van der Waals surface area contributed by atoms with Crippen molar-refractivity contribution < 1.29 is 14.6 Å². The molecule has 3 heteroatoms. The van der Waals surface area contributed by atoms with Crippen molar-refractivity contribution in [3.05, 3.63) is 59.7 Å². The lowest BCUT2D eigenvalue weighted by atomic mass is 10.1. The third-order valence-corrected chi connectivity index (χ3v) is 3.10. The number of rotatable bonds is 6. The summed E-state index contributed by atoms with van der Waals surface area (Å²) in [5.41, 5.74) is 1.15. The molecule has 20 heavy (non-hydrogen) atoms. The largest absolute Gasteiger partial charge is 0.545 e. The first-order valence-corrected chi connectivity index (χ1v) is 6.78. The molecule has 0 amide bonds. The number of hydrogen-bond acceptors (Lipinski definition) is 3. The lowest BCUT2D eigenvalue weighted by Gasteiger charge is -2.14. The van der Waals surface area contributed by atoms with Crippen LogP contribution >= 0.6 is 0 Å². The van der Waals surface area contributed by atoms with Crippen LogP contribution in [0.4, 0.5) is 0 Å². The number of carbonyl (C=O) groups excluding carboxylic acids is 1. The topological polar surface area (TPSA) is 49.4 Å². The molecule has 0 aliphatic heterocycles. The van der Waals surface area contributed by atoms with Crippen LogP contribution in [0.2, 0.25) is 0 Å². The van der Waals surface area contributed by atoms with Crippen molar-refractivity contribution in [3.8, 4) is 11.5 Å². The number of carbonyl (C=O) groups is 1. The van der Waals surface area contributed by atoms with E-state index in [1.165, 1.54) is 6.07 Å². The Kier molecular flexibility index (Phi) is 4.77. The molecule has 2 aromatic carbocycles. The summed E-state index contributed by atoms with van der Waals surface area (Å²) in [5.74, 6) is -0.210. The van der Waals surface area contributed by atoms with Gasteiger partial charge >= 0.3 is 0 Å². The second-order valence-corrected chi connectivity index (χ2v) is 4.60. The zero-order chi connectivity index (χ0) is 14.4. The molecular formula is C17H17O3-. The van der Waals surface area contributed by atoms with Gasteiger partial charge in [-0.1, -0.05) is 43.7 Å². The van der Waals surface area contributed by atoms with Crippen molar-refractivity contribution in [2.24, 2.45) is 0 Å². The standard InChI is InChI=1S/C17H18O3/c1-2-3-8-13-9-4-6-11-15(13)20-16-12-7-5-10-14(16)17(18)19/h4-7,9-12H,2-3,8H2,1H3,(H,18,19)/p-1. The van der Waals surface area contributed by atoms with Gasteiger partial charge in [-0.05, 0) is 36.6 Å². The smallest absolute Gasteiger partial charge is 0.136 e. The number of hydrogen-bond donors (Lipinski definition) is 0. The van der Waals surface area contributed by atoms with Crippen molar-refractivity contribution in [2.75, 3.05) is 0 Å². The molecule has 0 saturated carbocycles. The van der Waals surface area contributed by atoms with Gasteiger partial charge in [-0.25, -0.2) is 0 Å². The van der Waals surface area contributed by atoms with E-state index in [1.54, 1.807) is 18.2 Å². The minimum Gasteiger partial charge on any atom is -0.545 e. The molecule has 0 bridgehead atoms. The highest BCUT2D eigenvalue weighted by atomic mass is 16.5. The quantitative estimate of drug-likeness (QED) is 0.809. The van der Waals surface area contributed by atoms with E-state index in [1.807, 2.05) is 24.3 Å². The number of ether oxygens (including phenoxy) is 1. The van der Waals surface area contributed by atoms with Crippen LogP contribution in [-0.2, 0) is 6.42 Å². The van der Waals surface area contributed by atoms with Crippen molar-refractivity contribution in [3.63, 3.8) is 0 Å². The van der Waals surface area contributed by atoms with Gasteiger partial charge < -0.3 is 14.6 Å². The van der Waals surface area contributed by atoms with Crippen molar-refractivity contribution in [1.82, 2.24) is 0 Å². The third kappa shape index (κ3) is 3.38. The monoisotopic (exact) mass is 269 g/mol. The Hall–Kier alpha value is -2.29. The zero-order valence-corrected chi connectivity index (χ0v) is 11.5. The third-order valence-electron chi connectivity index (χ3n) is 3.10. The van der Waals surface area contributed by atoms with Crippen LogP contribution in [0.3, 0.4) is 0 Å². The summed E-state index contributed by atoms with van der Waals surface area (Å²) in [7, 11) is 0. The minimum atomic E-state index is -1.23. The number of aromatic carboxylic acids is 1. The first kappa shape index (κ1) is 14.1. The van der Waals surface area contributed by atoms with E-state index < -0.39 is 5.97 Å². The van der Waals surface area contributed by atoms with Crippen molar-refractivity contribution in [2.45, 2.75) is 26.2 Å². The van der Waals surface area contributed by atoms with Gasteiger partial charge in [0.25, 0.3) is 0 Å². The molecule has 2 rings (SSSR count). The highest BCUT2D eigenvalue weighted by Gasteiger charge is 2.08. The predicted octanol–water partition coefficient (Wildman–Crippen LogP) is 3.19. The molecule has 2 aromatic rings. The first-order valence-electron chi connectivity index (χ1n) is 6.78. The summed E-state index contributed by atoms with van der Waals surface area (Å²) in [6, 6.07) is 14.2. The number of para-hydroxylation sites is 2. The molecule has 0 heterocycles. The number of benzene rings is 2. The van der Waals surface area contributed by atoms with Crippen LogP contribution in [0, 0.1) is 0 Å². The van der Waals surface area contributed by atoms with Crippen LogP contribution in [0.25, 0.3) is 0 Å². The van der Waals surface area contributed by atoms with E-state index >= 15 is 0 Å². The van der Waals surface area contributed by atoms with Crippen LogP contribution in [0.15, 0.2) is 48.5 Å². The average molecular weight is 269 g/mol. The molecule has 0 radical (unpaired) electrons. The van der Waals surface area contributed by atoms with Crippen LogP contribution < -0.4 is 9.84 Å². The molecule has 0 N–H and O–H groups in total. The van der Waals surface area contributed by atoms with Gasteiger partial charge in [-0.3, -0.25) is 0 Å². The average Bonchev–Trinajstić information content (AvgIpc) is 2.47. The maximum atomic E-state index is 11.1. The van der Waals surface area contributed by atoms with Gasteiger partial charge in [0.1, 0.15) is 11.5 Å². The fourth-order valence-electron chi connectivity index (χ4n) is 2.02. The van der Waals surface area contributed by atoms with E-state index in [9.17, 15) is 9.90 Å². The summed E-state index contributed by atoms with van der Waals surface area (Å²) in [4.78, 5) is 11.1. The SMILES string of the molecule is CCCCc1ccccc1Oc1ccccc1C(=O)[O-]. The van der Waals surface area contributed by atoms with Gasteiger partial charge in [0, 0.05) is 5.56 Å². The molecule has 0 unspecified atom stereocenters. The number of carboxylic acids is 1. The summed E-state index contributed by atoms with van der Waals surface area (Å²) in [6.45, 7) is 2.13. The lowest BCUT2D eigenvalue weighted by molar-refractivity contribution is -0.255. The second kappa shape index (κ2) is 6.75. The molecule has 0 fully saturated rings. The Balaban J connectivity index is 2.28. The maximum Gasteiger partial charge on any atom is 0.136 e. The van der Waals surface area contributed by atoms with Gasteiger partial charge in [-0.15, -0.1) is 0 Å². The van der Waals surface area contributed by atoms with Gasteiger partial charge in [-0.2, -0.15) is 0 Å². The molecule has 3 nitrogen and oxygen atoms in total.